The summed E-state index contributed by atoms with van der Waals surface area (Å²) in [4.78, 5) is 14.7. The zero-order valence-electron chi connectivity index (χ0n) is 13.2. The van der Waals surface area contributed by atoms with Crippen LogP contribution < -0.4 is 5.32 Å². The fourth-order valence-electron chi connectivity index (χ4n) is 3.19. The Morgan fingerprint density at radius 1 is 1.23 bits per heavy atom. The molecule has 22 heavy (non-hydrogen) atoms. The van der Waals surface area contributed by atoms with Crippen molar-refractivity contribution >= 4 is 5.91 Å². The Morgan fingerprint density at radius 3 is 2.73 bits per heavy atom. The summed E-state index contributed by atoms with van der Waals surface area (Å²) in [5, 5.41) is 3.28. The van der Waals surface area contributed by atoms with Gasteiger partial charge in [0.2, 0.25) is 5.91 Å². The molecule has 4 atom stereocenters. The summed E-state index contributed by atoms with van der Waals surface area (Å²) in [6, 6.07) is 9.84. The van der Waals surface area contributed by atoms with E-state index in [1.165, 1.54) is 0 Å². The fourth-order valence-corrected chi connectivity index (χ4v) is 3.19. The molecule has 5 nitrogen and oxygen atoms in total. The summed E-state index contributed by atoms with van der Waals surface area (Å²) in [7, 11) is 0. The first-order valence-corrected chi connectivity index (χ1v) is 7.99. The Labute approximate surface area is 131 Å². The van der Waals surface area contributed by atoms with Crippen molar-refractivity contribution in [1.29, 1.82) is 0 Å². The minimum absolute atomic E-state index is 0.0303. The third-order valence-electron chi connectivity index (χ3n) is 4.33. The first kappa shape index (κ1) is 15.5. The molecule has 3 rings (SSSR count). The van der Waals surface area contributed by atoms with Crippen molar-refractivity contribution in [2.45, 2.75) is 38.2 Å². The van der Waals surface area contributed by atoms with E-state index in [9.17, 15) is 4.79 Å². The number of hydrogen-bond donors (Lipinski definition) is 1. The van der Waals surface area contributed by atoms with Gasteiger partial charge in [0, 0.05) is 13.1 Å². The molecule has 2 heterocycles. The Morgan fingerprint density at radius 2 is 2.00 bits per heavy atom. The van der Waals surface area contributed by atoms with Gasteiger partial charge in [0.1, 0.15) is 12.1 Å². The van der Waals surface area contributed by atoms with E-state index in [-0.39, 0.29) is 30.3 Å². The van der Waals surface area contributed by atoms with E-state index in [0.717, 1.165) is 12.1 Å². The standard InChI is InChI=1S/C17H24N2O3/c1-12-10-19(17(20)16-13(2)21-9-8-18-16)11-15(22-12)14-6-4-3-5-7-14/h3-7,12-13,15-16,18H,8-11H2,1-2H3/t12?,13-,15?,16+/m1/s1. The molecule has 2 saturated heterocycles. The molecule has 0 saturated carbocycles. The van der Waals surface area contributed by atoms with Gasteiger partial charge in [-0.3, -0.25) is 4.79 Å². The summed E-state index contributed by atoms with van der Waals surface area (Å²) >= 11 is 0. The molecule has 5 heteroatoms. The van der Waals surface area contributed by atoms with E-state index in [4.69, 9.17) is 9.47 Å². The third kappa shape index (κ3) is 3.32. The second kappa shape index (κ2) is 6.77. The molecule has 0 spiro atoms. The average molecular weight is 304 g/mol. The van der Waals surface area contributed by atoms with E-state index < -0.39 is 0 Å². The van der Waals surface area contributed by atoms with Crippen LogP contribution in [-0.4, -0.2) is 55.3 Å². The SMILES string of the molecule is CC1CN(C(=O)[C@H]2NCCO[C@@H]2C)CC(c2ccccc2)O1. The molecule has 2 unspecified atom stereocenters. The van der Waals surface area contributed by atoms with Crippen molar-refractivity contribution in [1.82, 2.24) is 10.2 Å². The molecular formula is C17H24N2O3. The monoisotopic (exact) mass is 304 g/mol. The number of carbonyl (C=O) groups excluding carboxylic acids is 1. The first-order valence-electron chi connectivity index (χ1n) is 7.99. The van der Waals surface area contributed by atoms with Crippen LogP contribution in [0.2, 0.25) is 0 Å². The lowest BCUT2D eigenvalue weighted by Crippen LogP contribution is -2.59. The smallest absolute Gasteiger partial charge is 0.242 e. The molecule has 1 aromatic carbocycles. The highest BCUT2D eigenvalue weighted by Crippen LogP contribution is 2.26. The number of ether oxygens (including phenoxy) is 2. The number of nitrogens with zero attached hydrogens (tertiary/aromatic N) is 1. The maximum absolute atomic E-state index is 12.8. The number of nitrogens with one attached hydrogen (secondary N) is 1. The van der Waals surface area contributed by atoms with Gasteiger partial charge in [0.15, 0.2) is 0 Å². The summed E-state index contributed by atoms with van der Waals surface area (Å²) in [5.74, 6) is 0.114. The largest absolute Gasteiger partial charge is 0.375 e. The first-order chi connectivity index (χ1) is 10.6. The van der Waals surface area contributed by atoms with Crippen LogP contribution in [-0.2, 0) is 14.3 Å². The summed E-state index contributed by atoms with van der Waals surface area (Å²) < 4.78 is 11.6. The van der Waals surface area contributed by atoms with Crippen LogP contribution in [0, 0.1) is 0 Å². The highest BCUT2D eigenvalue weighted by atomic mass is 16.5. The van der Waals surface area contributed by atoms with Gasteiger partial charge in [0.05, 0.1) is 25.4 Å². The van der Waals surface area contributed by atoms with Crippen molar-refractivity contribution in [2.24, 2.45) is 0 Å². The average Bonchev–Trinajstić information content (AvgIpc) is 2.55. The Bertz CT molecular complexity index is 508. The minimum Gasteiger partial charge on any atom is -0.375 e. The number of amides is 1. The number of benzene rings is 1. The van der Waals surface area contributed by atoms with Gasteiger partial charge < -0.3 is 19.7 Å². The summed E-state index contributed by atoms with van der Waals surface area (Å²) in [5.41, 5.74) is 1.12. The number of hydrogen-bond acceptors (Lipinski definition) is 4. The molecule has 2 fully saturated rings. The molecule has 2 aliphatic rings. The summed E-state index contributed by atoms with van der Waals surface area (Å²) in [6.07, 6.45) is -0.119. The van der Waals surface area contributed by atoms with E-state index in [0.29, 0.717) is 19.7 Å². The van der Waals surface area contributed by atoms with Crippen LogP contribution in [0.25, 0.3) is 0 Å². The molecule has 120 valence electrons. The fraction of sp³-hybridized carbons (Fsp3) is 0.588. The van der Waals surface area contributed by atoms with Gasteiger partial charge in [-0.15, -0.1) is 0 Å². The highest BCUT2D eigenvalue weighted by Gasteiger charge is 2.36. The molecule has 1 amide bonds. The molecule has 0 aromatic heterocycles. The molecule has 0 radical (unpaired) electrons. The molecule has 1 aromatic rings. The van der Waals surface area contributed by atoms with Crippen LogP contribution in [0.5, 0.6) is 0 Å². The van der Waals surface area contributed by atoms with E-state index in [2.05, 4.69) is 17.4 Å². The van der Waals surface area contributed by atoms with Gasteiger partial charge in [-0.25, -0.2) is 0 Å². The Balaban J connectivity index is 1.71. The van der Waals surface area contributed by atoms with Crippen LogP contribution in [0.1, 0.15) is 25.5 Å². The zero-order chi connectivity index (χ0) is 15.5. The zero-order valence-corrected chi connectivity index (χ0v) is 13.2. The minimum atomic E-state index is -0.254. The van der Waals surface area contributed by atoms with E-state index >= 15 is 0 Å². The Kier molecular flexibility index (Phi) is 4.76. The number of morpholine rings is 2. The van der Waals surface area contributed by atoms with E-state index in [1.807, 2.05) is 36.9 Å². The predicted molar refractivity (Wildman–Crippen MR) is 83.5 cm³/mol. The highest BCUT2D eigenvalue weighted by molar-refractivity contribution is 5.82. The molecule has 2 aliphatic heterocycles. The van der Waals surface area contributed by atoms with Gasteiger partial charge >= 0.3 is 0 Å². The van der Waals surface area contributed by atoms with Crippen LogP contribution in [0.15, 0.2) is 30.3 Å². The van der Waals surface area contributed by atoms with Crippen molar-refractivity contribution in [2.75, 3.05) is 26.2 Å². The number of rotatable bonds is 2. The predicted octanol–water partition coefficient (Wildman–Crippen LogP) is 1.35. The molecular weight excluding hydrogens is 280 g/mol. The lowest BCUT2D eigenvalue weighted by atomic mass is 10.0. The van der Waals surface area contributed by atoms with Crippen LogP contribution in [0.3, 0.4) is 0 Å². The van der Waals surface area contributed by atoms with Crippen molar-refractivity contribution in [3.8, 4) is 0 Å². The summed E-state index contributed by atoms with van der Waals surface area (Å²) in [6.45, 7) is 6.59. The van der Waals surface area contributed by atoms with Crippen molar-refractivity contribution in [3.05, 3.63) is 35.9 Å². The second-order valence-electron chi connectivity index (χ2n) is 6.10. The topological polar surface area (TPSA) is 50.8 Å². The third-order valence-corrected chi connectivity index (χ3v) is 4.33. The Hall–Kier alpha value is -1.43. The van der Waals surface area contributed by atoms with Gasteiger partial charge in [-0.05, 0) is 19.4 Å². The van der Waals surface area contributed by atoms with Crippen molar-refractivity contribution < 1.29 is 14.3 Å². The lowest BCUT2D eigenvalue weighted by Gasteiger charge is -2.40. The van der Waals surface area contributed by atoms with Crippen LogP contribution >= 0.6 is 0 Å². The van der Waals surface area contributed by atoms with Crippen molar-refractivity contribution in [3.63, 3.8) is 0 Å². The van der Waals surface area contributed by atoms with Gasteiger partial charge in [-0.2, -0.15) is 0 Å². The quantitative estimate of drug-likeness (QED) is 0.896. The molecule has 1 N–H and O–H groups in total. The number of carbonyl (C=O) groups is 1. The molecule has 0 bridgehead atoms. The lowest BCUT2D eigenvalue weighted by molar-refractivity contribution is -0.152. The second-order valence-corrected chi connectivity index (χ2v) is 6.10. The molecule has 0 aliphatic carbocycles. The van der Waals surface area contributed by atoms with Gasteiger partial charge in [0.25, 0.3) is 0 Å². The maximum Gasteiger partial charge on any atom is 0.242 e. The normalized spacial score (nSPS) is 32.7. The maximum atomic E-state index is 12.8. The van der Waals surface area contributed by atoms with Crippen LogP contribution in [0.4, 0.5) is 0 Å². The van der Waals surface area contributed by atoms with E-state index in [1.54, 1.807) is 0 Å². The van der Waals surface area contributed by atoms with Gasteiger partial charge in [-0.1, -0.05) is 30.3 Å².